The van der Waals surface area contributed by atoms with Crippen LogP contribution in [0.15, 0.2) is 0 Å². The molecule has 2 aliphatic carbocycles. The molecule has 3 fully saturated rings. The van der Waals surface area contributed by atoms with Gasteiger partial charge in [0.25, 0.3) is 0 Å². The van der Waals surface area contributed by atoms with E-state index in [4.69, 9.17) is 4.74 Å². The Labute approximate surface area is 97.7 Å². The van der Waals surface area contributed by atoms with Crippen molar-refractivity contribution in [3.8, 4) is 0 Å². The summed E-state index contributed by atoms with van der Waals surface area (Å²) >= 11 is 0. The Morgan fingerprint density at radius 1 is 1.25 bits per heavy atom. The molecule has 16 heavy (non-hydrogen) atoms. The number of hydrogen-bond donors (Lipinski definition) is 0. The minimum absolute atomic E-state index is 0.0185. The Kier molecular flexibility index (Phi) is 1.95. The van der Waals surface area contributed by atoms with E-state index in [1.54, 1.807) is 0 Å². The van der Waals surface area contributed by atoms with Crippen molar-refractivity contribution in [3.05, 3.63) is 0 Å². The summed E-state index contributed by atoms with van der Waals surface area (Å²) in [4.78, 5) is 11.8. The highest BCUT2D eigenvalue weighted by Gasteiger charge is 2.64. The summed E-state index contributed by atoms with van der Waals surface area (Å²) in [6.45, 7) is 6.76. The van der Waals surface area contributed by atoms with Gasteiger partial charge in [0.15, 0.2) is 0 Å². The number of ether oxygens (including phenoxy) is 1. The molecule has 1 aliphatic heterocycles. The van der Waals surface area contributed by atoms with Crippen molar-refractivity contribution in [2.75, 3.05) is 0 Å². The maximum Gasteiger partial charge on any atom is 0.135 e. The number of ketones is 1. The molecule has 0 aromatic heterocycles. The highest BCUT2D eigenvalue weighted by atomic mass is 16.5. The standard InChI is InChI=1S/C14H22O2/c1-12(2)10-4-6-13(3)7-5-11(15)9-14(13,8-10)16-12/h10H,4-9H2,1-3H3/t10?,13-,14+/m1/s1. The van der Waals surface area contributed by atoms with E-state index in [-0.39, 0.29) is 16.6 Å². The lowest BCUT2D eigenvalue weighted by molar-refractivity contribution is -0.173. The number of hydrogen-bond acceptors (Lipinski definition) is 2. The zero-order valence-electron chi connectivity index (χ0n) is 10.6. The third-order valence-electron chi connectivity index (χ3n) is 5.60. The molecule has 1 saturated heterocycles. The molecule has 3 rings (SSSR count). The molecule has 1 spiro atoms. The van der Waals surface area contributed by atoms with Crippen LogP contribution < -0.4 is 0 Å². The van der Waals surface area contributed by atoms with E-state index in [1.807, 2.05) is 0 Å². The first-order valence-electron chi connectivity index (χ1n) is 6.59. The Hall–Kier alpha value is -0.370. The fourth-order valence-electron chi connectivity index (χ4n) is 4.31. The minimum atomic E-state index is -0.116. The Bertz CT molecular complexity index is 347. The highest BCUT2D eigenvalue weighted by molar-refractivity contribution is 5.81. The van der Waals surface area contributed by atoms with Gasteiger partial charge in [0.05, 0.1) is 11.2 Å². The molecule has 3 atom stereocenters. The van der Waals surface area contributed by atoms with Gasteiger partial charge >= 0.3 is 0 Å². The largest absolute Gasteiger partial charge is 0.368 e. The Balaban J connectivity index is 2.02. The molecule has 0 amide bonds. The second-order valence-corrected chi connectivity index (χ2v) is 6.92. The van der Waals surface area contributed by atoms with Crippen molar-refractivity contribution >= 4 is 5.78 Å². The molecule has 90 valence electrons. The van der Waals surface area contributed by atoms with Gasteiger partial charge in [-0.05, 0) is 50.9 Å². The number of Topliss-reactive ketones (excluding diaryl/α,β-unsaturated/α-hetero) is 1. The molecule has 0 aromatic rings. The molecule has 2 heteroatoms. The van der Waals surface area contributed by atoms with Crippen molar-refractivity contribution < 1.29 is 9.53 Å². The lowest BCUT2D eigenvalue weighted by atomic mass is 9.56. The molecular formula is C14H22O2. The third kappa shape index (κ3) is 1.20. The normalized spacial score (nSPS) is 50.2. The van der Waals surface area contributed by atoms with E-state index in [2.05, 4.69) is 20.8 Å². The van der Waals surface area contributed by atoms with Crippen LogP contribution in [-0.2, 0) is 9.53 Å². The summed E-state index contributed by atoms with van der Waals surface area (Å²) in [6, 6.07) is 0. The number of carbonyl (C=O) groups excluding carboxylic acids is 1. The van der Waals surface area contributed by atoms with E-state index >= 15 is 0 Å². The molecule has 0 radical (unpaired) electrons. The summed E-state index contributed by atoms with van der Waals surface area (Å²) in [5.41, 5.74) is 0.120. The first-order valence-corrected chi connectivity index (χ1v) is 6.59. The molecule has 0 N–H and O–H groups in total. The molecule has 2 bridgehead atoms. The van der Waals surface area contributed by atoms with Crippen molar-refractivity contribution in [2.24, 2.45) is 11.3 Å². The van der Waals surface area contributed by atoms with Crippen LogP contribution in [0.4, 0.5) is 0 Å². The smallest absolute Gasteiger partial charge is 0.135 e. The van der Waals surface area contributed by atoms with E-state index in [0.29, 0.717) is 18.1 Å². The fraction of sp³-hybridized carbons (Fsp3) is 0.929. The minimum Gasteiger partial charge on any atom is -0.368 e. The van der Waals surface area contributed by atoms with Crippen LogP contribution in [0.1, 0.15) is 59.3 Å². The quantitative estimate of drug-likeness (QED) is 0.629. The molecular weight excluding hydrogens is 200 g/mol. The second-order valence-electron chi connectivity index (χ2n) is 6.92. The van der Waals surface area contributed by atoms with E-state index in [9.17, 15) is 4.79 Å². The summed E-state index contributed by atoms with van der Waals surface area (Å²) < 4.78 is 6.42. The Morgan fingerprint density at radius 3 is 2.75 bits per heavy atom. The van der Waals surface area contributed by atoms with Gasteiger partial charge in [0.2, 0.25) is 0 Å². The van der Waals surface area contributed by atoms with Gasteiger partial charge in [-0.25, -0.2) is 0 Å². The highest BCUT2D eigenvalue weighted by Crippen LogP contribution is 2.63. The zero-order valence-corrected chi connectivity index (χ0v) is 10.6. The van der Waals surface area contributed by atoms with Gasteiger partial charge in [0.1, 0.15) is 5.78 Å². The molecule has 2 saturated carbocycles. The number of rotatable bonds is 0. The summed E-state index contributed by atoms with van der Waals surface area (Å²) in [5, 5.41) is 0. The number of carbonyl (C=O) groups is 1. The van der Waals surface area contributed by atoms with Crippen LogP contribution >= 0.6 is 0 Å². The van der Waals surface area contributed by atoms with Gasteiger partial charge in [0, 0.05) is 12.8 Å². The van der Waals surface area contributed by atoms with E-state index < -0.39 is 0 Å². The molecule has 2 nitrogen and oxygen atoms in total. The van der Waals surface area contributed by atoms with Gasteiger partial charge in [-0.2, -0.15) is 0 Å². The first-order chi connectivity index (χ1) is 7.37. The zero-order chi connectivity index (χ0) is 11.6. The van der Waals surface area contributed by atoms with Gasteiger partial charge in [-0.1, -0.05) is 6.92 Å². The van der Waals surface area contributed by atoms with Crippen LogP contribution in [0.5, 0.6) is 0 Å². The van der Waals surface area contributed by atoms with Crippen molar-refractivity contribution in [3.63, 3.8) is 0 Å². The second kappa shape index (κ2) is 2.90. The van der Waals surface area contributed by atoms with Crippen molar-refractivity contribution in [1.29, 1.82) is 0 Å². The first kappa shape index (κ1) is 10.8. The Morgan fingerprint density at radius 2 is 2.00 bits per heavy atom. The topological polar surface area (TPSA) is 26.3 Å². The SMILES string of the molecule is CC1(C)O[C@@]23CC(=O)CC[C@@]2(C)CCC1C3. The van der Waals surface area contributed by atoms with Crippen molar-refractivity contribution in [1.82, 2.24) is 0 Å². The van der Waals surface area contributed by atoms with Gasteiger partial charge < -0.3 is 4.74 Å². The maximum atomic E-state index is 11.8. The van der Waals surface area contributed by atoms with Crippen LogP contribution in [0.3, 0.4) is 0 Å². The predicted molar refractivity (Wildman–Crippen MR) is 62.2 cm³/mol. The lowest BCUT2D eigenvalue weighted by Gasteiger charge is -2.51. The molecule has 0 aromatic carbocycles. The summed E-state index contributed by atoms with van der Waals surface area (Å²) in [5.74, 6) is 1.07. The molecule has 1 heterocycles. The third-order valence-corrected chi connectivity index (χ3v) is 5.60. The summed E-state index contributed by atoms with van der Waals surface area (Å²) in [6.07, 6.45) is 6.11. The average molecular weight is 222 g/mol. The monoisotopic (exact) mass is 222 g/mol. The van der Waals surface area contributed by atoms with E-state index in [0.717, 1.165) is 19.3 Å². The van der Waals surface area contributed by atoms with Crippen LogP contribution in [-0.4, -0.2) is 17.0 Å². The van der Waals surface area contributed by atoms with E-state index in [1.165, 1.54) is 12.8 Å². The molecule has 3 aliphatic rings. The summed E-state index contributed by atoms with van der Waals surface area (Å²) in [7, 11) is 0. The van der Waals surface area contributed by atoms with Gasteiger partial charge in [-0.15, -0.1) is 0 Å². The van der Waals surface area contributed by atoms with Gasteiger partial charge in [-0.3, -0.25) is 4.79 Å². The maximum absolute atomic E-state index is 11.8. The van der Waals surface area contributed by atoms with Crippen LogP contribution in [0, 0.1) is 11.3 Å². The van der Waals surface area contributed by atoms with Crippen LogP contribution in [0.25, 0.3) is 0 Å². The van der Waals surface area contributed by atoms with Crippen LogP contribution in [0.2, 0.25) is 0 Å². The van der Waals surface area contributed by atoms with Crippen molar-refractivity contribution in [2.45, 2.75) is 70.5 Å². The number of fused-ring (bicyclic) bond motifs is 1. The molecule has 1 unspecified atom stereocenters. The fourth-order valence-corrected chi connectivity index (χ4v) is 4.31. The predicted octanol–water partition coefficient (Wildman–Crippen LogP) is 3.09. The lowest BCUT2D eigenvalue weighted by Crippen LogP contribution is -2.52. The average Bonchev–Trinajstić information content (AvgIpc) is 2.39.